The first kappa shape index (κ1) is 16.4. The number of hydrogen-bond donors (Lipinski definition) is 1. The standard InChI is InChI=1S/C18H21ClN4O2/c1-2-16-21-17(25-22-16)11-6-7-12(10-11)20-18(24)23-9-8-13-14(19)4-3-5-15(13)23/h3-5,11-12H,2,6-10H2,1H3,(H,20,24). The Morgan fingerprint density at radius 3 is 3.12 bits per heavy atom. The first-order chi connectivity index (χ1) is 12.2. The number of carbonyl (C=O) groups excluding carboxylic acids is 1. The van der Waals surface area contributed by atoms with Crippen molar-refractivity contribution in [1.29, 1.82) is 0 Å². The van der Waals surface area contributed by atoms with Crippen LogP contribution in [-0.4, -0.2) is 28.8 Å². The Labute approximate surface area is 151 Å². The minimum absolute atomic E-state index is 0.0496. The van der Waals surface area contributed by atoms with E-state index >= 15 is 0 Å². The van der Waals surface area contributed by atoms with Gasteiger partial charge in [0.15, 0.2) is 5.82 Å². The van der Waals surface area contributed by atoms with Crippen molar-refractivity contribution in [3.63, 3.8) is 0 Å². The van der Waals surface area contributed by atoms with E-state index in [1.807, 2.05) is 25.1 Å². The van der Waals surface area contributed by atoms with Crippen molar-refractivity contribution in [3.8, 4) is 0 Å². The van der Waals surface area contributed by atoms with Crippen LogP contribution in [0.5, 0.6) is 0 Å². The van der Waals surface area contributed by atoms with Crippen molar-refractivity contribution >= 4 is 23.3 Å². The number of halogens is 1. The molecule has 0 spiro atoms. The summed E-state index contributed by atoms with van der Waals surface area (Å²) in [6.07, 6.45) is 4.30. The molecule has 2 atom stereocenters. The molecule has 1 aliphatic heterocycles. The van der Waals surface area contributed by atoms with Crippen LogP contribution in [0.1, 0.15) is 49.4 Å². The van der Waals surface area contributed by atoms with Crippen molar-refractivity contribution in [2.75, 3.05) is 11.4 Å². The quantitative estimate of drug-likeness (QED) is 0.906. The zero-order valence-electron chi connectivity index (χ0n) is 14.2. The molecule has 1 N–H and O–H groups in total. The summed E-state index contributed by atoms with van der Waals surface area (Å²) in [4.78, 5) is 18.9. The number of fused-ring (bicyclic) bond motifs is 1. The predicted octanol–water partition coefficient (Wildman–Crippen LogP) is 3.69. The van der Waals surface area contributed by atoms with E-state index in [1.165, 1.54) is 0 Å². The summed E-state index contributed by atoms with van der Waals surface area (Å²) in [5.41, 5.74) is 1.98. The van der Waals surface area contributed by atoms with Crippen LogP contribution in [0.2, 0.25) is 5.02 Å². The summed E-state index contributed by atoms with van der Waals surface area (Å²) in [7, 11) is 0. The van der Waals surface area contributed by atoms with Crippen molar-refractivity contribution in [3.05, 3.63) is 40.5 Å². The number of nitrogens with zero attached hydrogens (tertiary/aromatic N) is 3. The molecule has 1 saturated carbocycles. The Hall–Kier alpha value is -2.08. The number of rotatable bonds is 3. The van der Waals surface area contributed by atoms with E-state index in [4.69, 9.17) is 16.1 Å². The third kappa shape index (κ3) is 3.11. The van der Waals surface area contributed by atoms with E-state index < -0.39 is 0 Å². The minimum atomic E-state index is -0.0496. The summed E-state index contributed by atoms with van der Waals surface area (Å²) in [6, 6.07) is 5.80. The molecule has 2 aliphatic rings. The molecule has 1 aromatic heterocycles. The summed E-state index contributed by atoms with van der Waals surface area (Å²) >= 11 is 6.23. The normalized spacial score (nSPS) is 22.2. The molecule has 132 valence electrons. The van der Waals surface area contributed by atoms with Gasteiger partial charge in [-0.25, -0.2) is 4.79 Å². The maximum atomic E-state index is 12.7. The summed E-state index contributed by atoms with van der Waals surface area (Å²) in [5.74, 6) is 1.68. The van der Waals surface area contributed by atoms with Crippen LogP contribution in [0.25, 0.3) is 0 Å². The lowest BCUT2D eigenvalue weighted by Gasteiger charge is -2.21. The number of amides is 2. The Balaban J connectivity index is 1.39. The molecule has 4 rings (SSSR count). The average molecular weight is 361 g/mol. The fourth-order valence-corrected chi connectivity index (χ4v) is 4.03. The lowest BCUT2D eigenvalue weighted by molar-refractivity contribution is 0.243. The van der Waals surface area contributed by atoms with E-state index in [0.717, 1.165) is 54.2 Å². The fraction of sp³-hybridized carbons (Fsp3) is 0.500. The second-order valence-electron chi connectivity index (χ2n) is 6.70. The van der Waals surface area contributed by atoms with Crippen LogP contribution in [0.15, 0.2) is 22.7 Å². The van der Waals surface area contributed by atoms with Gasteiger partial charge < -0.3 is 9.84 Å². The van der Waals surface area contributed by atoms with Crippen LogP contribution in [0, 0.1) is 0 Å². The molecule has 0 bridgehead atoms. The second-order valence-corrected chi connectivity index (χ2v) is 7.11. The van der Waals surface area contributed by atoms with Gasteiger partial charge in [0, 0.05) is 29.9 Å². The van der Waals surface area contributed by atoms with Gasteiger partial charge in [-0.1, -0.05) is 29.7 Å². The maximum absolute atomic E-state index is 12.7. The molecule has 2 unspecified atom stereocenters. The first-order valence-corrected chi connectivity index (χ1v) is 9.21. The summed E-state index contributed by atoms with van der Waals surface area (Å²) in [6.45, 7) is 2.68. The van der Waals surface area contributed by atoms with Gasteiger partial charge in [-0.15, -0.1) is 0 Å². The van der Waals surface area contributed by atoms with Gasteiger partial charge in [0.25, 0.3) is 0 Å². The van der Waals surface area contributed by atoms with Crippen molar-refractivity contribution in [2.45, 2.75) is 51.0 Å². The van der Waals surface area contributed by atoms with Crippen molar-refractivity contribution < 1.29 is 9.32 Å². The van der Waals surface area contributed by atoms with Gasteiger partial charge in [0.1, 0.15) is 0 Å². The molecule has 6 nitrogen and oxygen atoms in total. The number of benzene rings is 1. The number of nitrogens with one attached hydrogen (secondary N) is 1. The van der Waals surface area contributed by atoms with Gasteiger partial charge in [0.2, 0.25) is 5.89 Å². The molecule has 0 radical (unpaired) electrons. The molecular formula is C18H21ClN4O2. The Bertz CT molecular complexity index is 791. The Kier molecular flexibility index (Phi) is 4.37. The summed E-state index contributed by atoms with van der Waals surface area (Å²) < 4.78 is 5.35. The lowest BCUT2D eigenvalue weighted by Crippen LogP contribution is -2.43. The number of anilines is 1. The molecule has 2 aromatic rings. The first-order valence-electron chi connectivity index (χ1n) is 8.83. The second kappa shape index (κ2) is 6.67. The zero-order chi connectivity index (χ0) is 17.4. The average Bonchev–Trinajstić information content (AvgIpc) is 3.33. The fourth-order valence-electron chi connectivity index (χ4n) is 3.77. The molecule has 0 saturated heterocycles. The molecule has 2 amide bonds. The van der Waals surface area contributed by atoms with E-state index in [9.17, 15) is 4.79 Å². The van der Waals surface area contributed by atoms with Gasteiger partial charge in [-0.05, 0) is 43.4 Å². The Morgan fingerprint density at radius 2 is 2.32 bits per heavy atom. The molecular weight excluding hydrogens is 340 g/mol. The lowest BCUT2D eigenvalue weighted by atomic mass is 10.1. The molecule has 25 heavy (non-hydrogen) atoms. The Morgan fingerprint density at radius 1 is 1.44 bits per heavy atom. The number of aryl methyl sites for hydroxylation is 1. The van der Waals surface area contributed by atoms with Gasteiger partial charge in [-0.3, -0.25) is 4.90 Å². The minimum Gasteiger partial charge on any atom is -0.339 e. The highest BCUT2D eigenvalue weighted by molar-refractivity contribution is 6.32. The highest BCUT2D eigenvalue weighted by Crippen LogP contribution is 2.35. The van der Waals surface area contributed by atoms with Crippen molar-refractivity contribution in [1.82, 2.24) is 15.5 Å². The predicted molar refractivity (Wildman–Crippen MR) is 95.1 cm³/mol. The van der Waals surface area contributed by atoms with Crippen LogP contribution < -0.4 is 10.2 Å². The zero-order valence-corrected chi connectivity index (χ0v) is 14.9. The SMILES string of the molecule is CCc1noc(C2CCC(NC(=O)N3CCc4c(Cl)cccc43)C2)n1. The number of carbonyl (C=O) groups is 1. The van der Waals surface area contributed by atoms with Crippen molar-refractivity contribution in [2.24, 2.45) is 0 Å². The number of hydrogen-bond acceptors (Lipinski definition) is 4. The van der Waals surface area contributed by atoms with E-state index in [-0.39, 0.29) is 18.0 Å². The van der Waals surface area contributed by atoms with E-state index in [2.05, 4.69) is 15.5 Å². The topological polar surface area (TPSA) is 71.3 Å². The molecule has 1 aromatic carbocycles. The van der Waals surface area contributed by atoms with Crippen LogP contribution in [0.4, 0.5) is 10.5 Å². The molecule has 1 fully saturated rings. The van der Waals surface area contributed by atoms with Crippen LogP contribution in [0.3, 0.4) is 0 Å². The molecule has 1 aliphatic carbocycles. The van der Waals surface area contributed by atoms with Gasteiger partial charge in [0.05, 0.1) is 5.69 Å². The van der Waals surface area contributed by atoms with Crippen LogP contribution in [-0.2, 0) is 12.8 Å². The number of urea groups is 1. The molecule has 7 heteroatoms. The van der Waals surface area contributed by atoms with Gasteiger partial charge in [-0.2, -0.15) is 4.98 Å². The monoisotopic (exact) mass is 360 g/mol. The highest BCUT2D eigenvalue weighted by Gasteiger charge is 2.33. The molecule has 2 heterocycles. The number of aromatic nitrogens is 2. The van der Waals surface area contributed by atoms with E-state index in [1.54, 1.807) is 4.90 Å². The maximum Gasteiger partial charge on any atom is 0.322 e. The third-order valence-electron chi connectivity index (χ3n) is 5.12. The smallest absolute Gasteiger partial charge is 0.322 e. The van der Waals surface area contributed by atoms with Gasteiger partial charge >= 0.3 is 6.03 Å². The van der Waals surface area contributed by atoms with E-state index in [0.29, 0.717) is 12.4 Å². The third-order valence-corrected chi connectivity index (χ3v) is 5.48. The largest absolute Gasteiger partial charge is 0.339 e. The summed E-state index contributed by atoms with van der Waals surface area (Å²) in [5, 5.41) is 7.86. The highest BCUT2D eigenvalue weighted by atomic mass is 35.5. The van der Waals surface area contributed by atoms with Crippen LogP contribution >= 0.6 is 11.6 Å².